The first-order valence-corrected chi connectivity index (χ1v) is 9.33. The van der Waals surface area contributed by atoms with Gasteiger partial charge in [-0.05, 0) is 84.6 Å². The summed E-state index contributed by atoms with van der Waals surface area (Å²) in [6, 6.07) is 4.29. The van der Waals surface area contributed by atoms with Gasteiger partial charge < -0.3 is 5.32 Å². The van der Waals surface area contributed by atoms with Crippen LogP contribution < -0.4 is 5.32 Å². The molecule has 118 valence electrons. The van der Waals surface area contributed by atoms with E-state index in [1.54, 1.807) is 0 Å². The van der Waals surface area contributed by atoms with E-state index < -0.39 is 0 Å². The lowest BCUT2D eigenvalue weighted by Gasteiger charge is -2.36. The molecule has 21 heavy (non-hydrogen) atoms. The number of rotatable bonds is 7. The summed E-state index contributed by atoms with van der Waals surface area (Å²) >= 11 is 3.47. The zero-order chi connectivity index (χ0) is 15.1. The first-order valence-electron chi connectivity index (χ1n) is 8.54. The van der Waals surface area contributed by atoms with E-state index in [0.29, 0.717) is 0 Å². The van der Waals surface area contributed by atoms with Crippen molar-refractivity contribution in [2.45, 2.75) is 52.4 Å². The maximum atomic E-state index is 4.59. The number of halogens is 1. The minimum atomic E-state index is 0.793. The molecule has 0 aliphatic heterocycles. The molecule has 0 saturated heterocycles. The quantitative estimate of drug-likeness (QED) is 0.711. The smallest absolute Gasteiger partial charge is 0.0413 e. The van der Waals surface area contributed by atoms with Crippen LogP contribution in [0.3, 0.4) is 0 Å². The zero-order valence-electron chi connectivity index (χ0n) is 13.4. The number of nitrogens with zero attached hydrogens (tertiary/aromatic N) is 1. The first-order chi connectivity index (χ1) is 10.2. The van der Waals surface area contributed by atoms with Crippen LogP contribution >= 0.6 is 15.9 Å². The van der Waals surface area contributed by atoms with Crippen molar-refractivity contribution < 1.29 is 0 Å². The van der Waals surface area contributed by atoms with Crippen LogP contribution in [-0.4, -0.2) is 18.1 Å². The molecule has 0 bridgehead atoms. The van der Waals surface area contributed by atoms with E-state index in [4.69, 9.17) is 0 Å². The average molecular weight is 353 g/mol. The fourth-order valence-corrected chi connectivity index (χ4v) is 3.81. The van der Waals surface area contributed by atoms with E-state index in [1.165, 1.54) is 44.3 Å². The third kappa shape index (κ3) is 5.37. The summed E-state index contributed by atoms with van der Waals surface area (Å²) in [6.07, 6.45) is 9.81. The van der Waals surface area contributed by atoms with Crippen LogP contribution in [0.4, 0.5) is 0 Å². The van der Waals surface area contributed by atoms with E-state index in [2.05, 4.69) is 52.2 Å². The molecule has 1 aromatic heterocycles. The van der Waals surface area contributed by atoms with Crippen molar-refractivity contribution in [1.82, 2.24) is 10.3 Å². The maximum Gasteiger partial charge on any atom is 0.0413 e. The Hall–Kier alpha value is -0.410. The van der Waals surface area contributed by atoms with Crippen LogP contribution in [0.25, 0.3) is 0 Å². The van der Waals surface area contributed by atoms with Gasteiger partial charge in [0.05, 0.1) is 0 Å². The molecule has 0 amide bonds. The maximum absolute atomic E-state index is 4.59. The molecule has 3 unspecified atom stereocenters. The molecule has 2 nitrogen and oxygen atoms in total. The molecule has 1 saturated carbocycles. The van der Waals surface area contributed by atoms with Crippen LogP contribution in [0.1, 0.15) is 51.6 Å². The van der Waals surface area contributed by atoms with E-state index in [9.17, 15) is 0 Å². The van der Waals surface area contributed by atoms with Gasteiger partial charge in [-0.2, -0.15) is 0 Å². The molecule has 3 atom stereocenters. The highest BCUT2D eigenvalue weighted by atomic mass is 79.9. The van der Waals surface area contributed by atoms with Crippen molar-refractivity contribution in [1.29, 1.82) is 0 Å². The Morgan fingerprint density at radius 1 is 1.24 bits per heavy atom. The van der Waals surface area contributed by atoms with Crippen molar-refractivity contribution >= 4 is 15.9 Å². The minimum absolute atomic E-state index is 0.793. The molecule has 1 N–H and O–H groups in total. The Bertz CT molecular complexity index is 402. The second kappa shape index (κ2) is 8.89. The van der Waals surface area contributed by atoms with E-state index in [-0.39, 0.29) is 0 Å². The highest BCUT2D eigenvalue weighted by Gasteiger charge is 2.29. The standard InChI is InChI=1S/C18H29BrN2/c1-3-9-20-12-15-6-5-14(4-2)10-16(15)11-18-8-7-17(19)13-21-18/h7-8,13-16,20H,3-6,9-12H2,1-2H3. The monoisotopic (exact) mass is 352 g/mol. The van der Waals surface area contributed by atoms with Gasteiger partial charge >= 0.3 is 0 Å². The average Bonchev–Trinajstić information content (AvgIpc) is 2.51. The molecule has 0 spiro atoms. The number of hydrogen-bond donors (Lipinski definition) is 1. The summed E-state index contributed by atoms with van der Waals surface area (Å²) in [5.74, 6) is 2.54. The van der Waals surface area contributed by atoms with Gasteiger partial charge in [-0.25, -0.2) is 0 Å². The summed E-state index contributed by atoms with van der Waals surface area (Å²) in [5, 5.41) is 3.63. The Kier molecular flexibility index (Phi) is 7.18. The molecule has 1 heterocycles. The fourth-order valence-electron chi connectivity index (χ4n) is 3.57. The molecule has 2 rings (SSSR count). The molecule has 0 radical (unpaired) electrons. The molecule has 1 aliphatic rings. The predicted molar refractivity (Wildman–Crippen MR) is 93.4 cm³/mol. The SMILES string of the molecule is CCCNCC1CCC(CC)CC1Cc1ccc(Br)cn1. The second-order valence-corrected chi connectivity index (χ2v) is 7.40. The Morgan fingerprint density at radius 2 is 2.10 bits per heavy atom. The lowest BCUT2D eigenvalue weighted by atomic mass is 9.71. The number of pyridine rings is 1. The summed E-state index contributed by atoms with van der Waals surface area (Å²) in [4.78, 5) is 4.59. The van der Waals surface area contributed by atoms with Crippen LogP contribution in [0.5, 0.6) is 0 Å². The Labute approximate surface area is 138 Å². The molecule has 1 aliphatic carbocycles. The normalized spacial score (nSPS) is 26.0. The van der Waals surface area contributed by atoms with Crippen molar-refractivity contribution in [3.63, 3.8) is 0 Å². The van der Waals surface area contributed by atoms with Gasteiger partial charge in [-0.15, -0.1) is 0 Å². The van der Waals surface area contributed by atoms with E-state index in [0.717, 1.165) is 35.2 Å². The Morgan fingerprint density at radius 3 is 2.76 bits per heavy atom. The molecular formula is C18H29BrN2. The highest BCUT2D eigenvalue weighted by molar-refractivity contribution is 9.10. The summed E-state index contributed by atoms with van der Waals surface area (Å²) < 4.78 is 1.07. The van der Waals surface area contributed by atoms with Gasteiger partial charge in [0.1, 0.15) is 0 Å². The molecule has 1 fully saturated rings. The van der Waals surface area contributed by atoms with Gasteiger partial charge in [-0.3, -0.25) is 4.98 Å². The third-order valence-corrected chi connectivity index (χ3v) is 5.39. The zero-order valence-corrected chi connectivity index (χ0v) is 15.0. The van der Waals surface area contributed by atoms with Crippen molar-refractivity contribution in [3.05, 3.63) is 28.5 Å². The molecule has 1 aromatic rings. The highest BCUT2D eigenvalue weighted by Crippen LogP contribution is 2.37. The minimum Gasteiger partial charge on any atom is -0.316 e. The van der Waals surface area contributed by atoms with Crippen molar-refractivity contribution in [2.75, 3.05) is 13.1 Å². The lowest BCUT2D eigenvalue weighted by Crippen LogP contribution is -2.34. The van der Waals surface area contributed by atoms with Crippen LogP contribution in [0, 0.1) is 17.8 Å². The predicted octanol–water partition coefficient (Wildman–Crippen LogP) is 4.83. The van der Waals surface area contributed by atoms with Crippen molar-refractivity contribution in [3.8, 4) is 0 Å². The van der Waals surface area contributed by atoms with E-state index >= 15 is 0 Å². The number of aromatic nitrogens is 1. The largest absolute Gasteiger partial charge is 0.316 e. The first kappa shape index (κ1) is 17.0. The topological polar surface area (TPSA) is 24.9 Å². The van der Waals surface area contributed by atoms with Gasteiger partial charge in [0.15, 0.2) is 0 Å². The van der Waals surface area contributed by atoms with Crippen LogP contribution in [-0.2, 0) is 6.42 Å². The second-order valence-electron chi connectivity index (χ2n) is 6.48. The summed E-state index contributed by atoms with van der Waals surface area (Å²) in [6.45, 7) is 6.92. The van der Waals surface area contributed by atoms with Gasteiger partial charge in [0.25, 0.3) is 0 Å². The molecule has 0 aromatic carbocycles. The Balaban J connectivity index is 1.96. The third-order valence-electron chi connectivity index (χ3n) is 4.92. The fraction of sp³-hybridized carbons (Fsp3) is 0.722. The van der Waals surface area contributed by atoms with E-state index in [1.807, 2.05) is 6.20 Å². The van der Waals surface area contributed by atoms with Crippen LogP contribution in [0.15, 0.2) is 22.8 Å². The molecule has 3 heteroatoms. The van der Waals surface area contributed by atoms with Crippen LogP contribution in [0.2, 0.25) is 0 Å². The van der Waals surface area contributed by atoms with Gasteiger partial charge in [0, 0.05) is 16.4 Å². The number of nitrogens with one attached hydrogen (secondary N) is 1. The lowest BCUT2D eigenvalue weighted by molar-refractivity contribution is 0.170. The summed E-state index contributed by atoms with van der Waals surface area (Å²) in [7, 11) is 0. The molecular weight excluding hydrogens is 324 g/mol. The summed E-state index contributed by atoms with van der Waals surface area (Å²) in [5.41, 5.74) is 1.25. The van der Waals surface area contributed by atoms with Gasteiger partial charge in [-0.1, -0.05) is 26.7 Å². The van der Waals surface area contributed by atoms with Crippen molar-refractivity contribution in [2.24, 2.45) is 17.8 Å². The number of hydrogen-bond acceptors (Lipinski definition) is 2. The van der Waals surface area contributed by atoms with Gasteiger partial charge in [0.2, 0.25) is 0 Å².